The summed E-state index contributed by atoms with van der Waals surface area (Å²) in [6.45, 7) is 1.79. The lowest BCUT2D eigenvalue weighted by Crippen LogP contribution is -2.45. The van der Waals surface area contributed by atoms with Crippen LogP contribution in [0, 0.1) is 0 Å². The second-order valence-corrected chi connectivity index (χ2v) is 5.09. The molecule has 0 aliphatic carbocycles. The van der Waals surface area contributed by atoms with Crippen LogP contribution in [0.25, 0.3) is 0 Å². The number of anilines is 1. The summed E-state index contributed by atoms with van der Waals surface area (Å²) in [4.78, 5) is 23.3. The summed E-state index contributed by atoms with van der Waals surface area (Å²) >= 11 is 1.29. The Morgan fingerprint density at radius 2 is 2.33 bits per heavy atom. The molecule has 2 rings (SSSR count). The van der Waals surface area contributed by atoms with Gasteiger partial charge in [-0.25, -0.2) is 4.79 Å². The number of hydrogen-bond donors (Lipinski definition) is 4. The van der Waals surface area contributed by atoms with Gasteiger partial charge in [0.05, 0.1) is 5.69 Å². The molecule has 0 radical (unpaired) electrons. The minimum Gasteiger partial charge on any atom is -0.351 e. The summed E-state index contributed by atoms with van der Waals surface area (Å²) in [5.74, 6) is -0.164. The molecule has 1 aliphatic rings. The van der Waals surface area contributed by atoms with Gasteiger partial charge in [-0.2, -0.15) is 0 Å². The van der Waals surface area contributed by atoms with E-state index >= 15 is 0 Å². The van der Waals surface area contributed by atoms with Gasteiger partial charge in [0.2, 0.25) is 0 Å². The fraction of sp³-hybridized carbons (Fsp3) is 0.455. The summed E-state index contributed by atoms with van der Waals surface area (Å²) in [6.07, 6.45) is 2.03. The molecule has 1 saturated heterocycles. The van der Waals surface area contributed by atoms with Crippen molar-refractivity contribution in [2.45, 2.75) is 18.9 Å². The summed E-state index contributed by atoms with van der Waals surface area (Å²) in [5.41, 5.74) is 5.52. The first-order chi connectivity index (χ1) is 8.66. The van der Waals surface area contributed by atoms with Gasteiger partial charge in [-0.3, -0.25) is 4.79 Å². The van der Waals surface area contributed by atoms with Crippen molar-refractivity contribution in [2.24, 2.45) is 5.73 Å². The minimum atomic E-state index is -0.665. The topological polar surface area (TPSA) is 96.2 Å². The van der Waals surface area contributed by atoms with Crippen molar-refractivity contribution in [1.82, 2.24) is 10.6 Å². The quantitative estimate of drug-likeness (QED) is 0.650. The highest BCUT2D eigenvalue weighted by Crippen LogP contribution is 2.22. The molecule has 1 atom stereocenters. The SMILES string of the molecule is NC(=O)Nc1ccsc1C(=O)N[C@H]1CCCNC1. The number of nitrogens with two attached hydrogens (primary N) is 1. The molecule has 18 heavy (non-hydrogen) atoms. The maximum absolute atomic E-state index is 12.1. The third kappa shape index (κ3) is 3.21. The average molecular weight is 268 g/mol. The molecule has 3 amide bonds. The van der Waals surface area contributed by atoms with Gasteiger partial charge in [0.1, 0.15) is 4.88 Å². The van der Waals surface area contributed by atoms with Crippen molar-refractivity contribution in [1.29, 1.82) is 0 Å². The normalized spacial score (nSPS) is 19.2. The van der Waals surface area contributed by atoms with E-state index in [0.29, 0.717) is 10.6 Å². The predicted octanol–water partition coefficient (Wildman–Crippen LogP) is 0.720. The standard InChI is InChI=1S/C11H16N4O2S/c12-11(17)15-8-3-5-18-9(8)10(16)14-7-2-1-4-13-6-7/h3,5,7,13H,1-2,4,6H2,(H,14,16)(H3,12,15,17)/t7-/m0/s1. The first kappa shape index (κ1) is 12.8. The molecule has 6 nitrogen and oxygen atoms in total. The molecule has 0 unspecified atom stereocenters. The van der Waals surface area contributed by atoms with Gasteiger partial charge in [-0.1, -0.05) is 0 Å². The molecule has 0 aromatic carbocycles. The predicted molar refractivity (Wildman–Crippen MR) is 70.9 cm³/mol. The van der Waals surface area contributed by atoms with E-state index in [1.807, 2.05) is 0 Å². The van der Waals surface area contributed by atoms with E-state index in [-0.39, 0.29) is 11.9 Å². The van der Waals surface area contributed by atoms with Crippen LogP contribution >= 0.6 is 11.3 Å². The van der Waals surface area contributed by atoms with E-state index in [1.165, 1.54) is 11.3 Å². The Morgan fingerprint density at radius 1 is 1.50 bits per heavy atom. The number of rotatable bonds is 3. The number of urea groups is 1. The van der Waals surface area contributed by atoms with Crippen LogP contribution in [0.2, 0.25) is 0 Å². The summed E-state index contributed by atoms with van der Waals surface area (Å²) in [5, 5.41) is 10.4. The molecule has 1 fully saturated rings. The van der Waals surface area contributed by atoms with Crippen LogP contribution in [-0.4, -0.2) is 31.1 Å². The smallest absolute Gasteiger partial charge is 0.316 e. The first-order valence-electron chi connectivity index (χ1n) is 5.82. The Labute approximate surface area is 109 Å². The largest absolute Gasteiger partial charge is 0.351 e. The Kier molecular flexibility index (Phi) is 4.16. The third-order valence-corrected chi connectivity index (χ3v) is 3.67. The fourth-order valence-corrected chi connectivity index (χ4v) is 2.69. The van der Waals surface area contributed by atoms with E-state index in [0.717, 1.165) is 25.9 Å². The molecule has 5 N–H and O–H groups in total. The number of carbonyl (C=O) groups excluding carboxylic acids is 2. The zero-order valence-corrected chi connectivity index (χ0v) is 10.7. The molecule has 1 aliphatic heterocycles. The van der Waals surface area contributed by atoms with Crippen molar-refractivity contribution in [3.05, 3.63) is 16.3 Å². The van der Waals surface area contributed by atoms with Gasteiger partial charge in [0.15, 0.2) is 0 Å². The molecule has 7 heteroatoms. The van der Waals surface area contributed by atoms with Crippen LogP contribution < -0.4 is 21.7 Å². The van der Waals surface area contributed by atoms with Crippen LogP contribution in [0.1, 0.15) is 22.5 Å². The molecule has 1 aromatic heterocycles. The number of amides is 3. The van der Waals surface area contributed by atoms with Gasteiger partial charge in [0, 0.05) is 12.6 Å². The Balaban J connectivity index is 1.99. The summed E-state index contributed by atoms with van der Waals surface area (Å²) in [6, 6.07) is 1.15. The van der Waals surface area contributed by atoms with Crippen molar-refractivity contribution in [2.75, 3.05) is 18.4 Å². The minimum absolute atomic E-state index is 0.148. The van der Waals surface area contributed by atoms with E-state index in [2.05, 4.69) is 16.0 Å². The maximum Gasteiger partial charge on any atom is 0.316 e. The lowest BCUT2D eigenvalue weighted by molar-refractivity contribution is 0.0935. The molecular weight excluding hydrogens is 252 g/mol. The number of hydrogen-bond acceptors (Lipinski definition) is 4. The highest BCUT2D eigenvalue weighted by Gasteiger charge is 2.19. The van der Waals surface area contributed by atoms with Crippen molar-refractivity contribution in [3.8, 4) is 0 Å². The van der Waals surface area contributed by atoms with Gasteiger partial charge < -0.3 is 21.7 Å². The number of piperidine rings is 1. The van der Waals surface area contributed by atoms with E-state index in [1.54, 1.807) is 11.4 Å². The van der Waals surface area contributed by atoms with Crippen molar-refractivity contribution in [3.63, 3.8) is 0 Å². The molecule has 98 valence electrons. The van der Waals surface area contributed by atoms with E-state index in [9.17, 15) is 9.59 Å². The van der Waals surface area contributed by atoms with Crippen LogP contribution in [0.15, 0.2) is 11.4 Å². The fourth-order valence-electron chi connectivity index (χ4n) is 1.94. The molecule has 2 heterocycles. The number of primary amides is 1. The van der Waals surface area contributed by atoms with E-state index in [4.69, 9.17) is 5.73 Å². The highest BCUT2D eigenvalue weighted by atomic mass is 32.1. The van der Waals surface area contributed by atoms with Gasteiger partial charge in [-0.15, -0.1) is 11.3 Å². The van der Waals surface area contributed by atoms with Crippen LogP contribution in [-0.2, 0) is 0 Å². The zero-order valence-electron chi connectivity index (χ0n) is 9.86. The molecule has 0 spiro atoms. The molecular formula is C11H16N4O2S. The molecule has 1 aromatic rings. The van der Waals surface area contributed by atoms with Gasteiger partial charge >= 0.3 is 6.03 Å². The lowest BCUT2D eigenvalue weighted by atomic mass is 10.1. The molecule has 0 bridgehead atoms. The highest BCUT2D eigenvalue weighted by molar-refractivity contribution is 7.12. The number of thiophene rings is 1. The molecule has 0 saturated carbocycles. The zero-order chi connectivity index (χ0) is 13.0. The summed E-state index contributed by atoms with van der Waals surface area (Å²) < 4.78 is 0. The van der Waals surface area contributed by atoms with Crippen molar-refractivity contribution < 1.29 is 9.59 Å². The monoisotopic (exact) mass is 268 g/mol. The second-order valence-electron chi connectivity index (χ2n) is 4.17. The van der Waals surface area contributed by atoms with Gasteiger partial charge in [0.25, 0.3) is 5.91 Å². The maximum atomic E-state index is 12.1. The summed E-state index contributed by atoms with van der Waals surface area (Å²) in [7, 11) is 0. The third-order valence-electron chi connectivity index (χ3n) is 2.76. The number of nitrogens with one attached hydrogen (secondary N) is 3. The average Bonchev–Trinajstić information content (AvgIpc) is 2.77. The van der Waals surface area contributed by atoms with Crippen LogP contribution in [0.4, 0.5) is 10.5 Å². The van der Waals surface area contributed by atoms with E-state index < -0.39 is 6.03 Å². The number of carbonyl (C=O) groups is 2. The van der Waals surface area contributed by atoms with Gasteiger partial charge in [-0.05, 0) is 30.8 Å². The second kappa shape index (κ2) is 5.83. The lowest BCUT2D eigenvalue weighted by Gasteiger charge is -2.23. The van der Waals surface area contributed by atoms with Crippen molar-refractivity contribution >= 4 is 29.0 Å². The Morgan fingerprint density at radius 3 is 3.00 bits per heavy atom. The Bertz CT molecular complexity index is 440. The van der Waals surface area contributed by atoms with Crippen LogP contribution in [0.3, 0.4) is 0 Å². The first-order valence-corrected chi connectivity index (χ1v) is 6.70. The Hall–Kier alpha value is -1.60. The van der Waals surface area contributed by atoms with Crippen LogP contribution in [0.5, 0.6) is 0 Å².